The Hall–Kier alpha value is -1.04. The number of hydrogen-bond acceptors (Lipinski definition) is 2. The quantitative estimate of drug-likeness (QED) is 0.703. The zero-order valence-corrected chi connectivity index (χ0v) is 13.0. The molecular weight excluding hydrogens is 319 g/mol. The summed E-state index contributed by atoms with van der Waals surface area (Å²) in [5.74, 6) is 0. The summed E-state index contributed by atoms with van der Waals surface area (Å²) >= 11 is 7.28. The van der Waals surface area contributed by atoms with E-state index in [4.69, 9.17) is 11.6 Å². The molecule has 1 aromatic carbocycles. The highest BCUT2D eigenvalue weighted by Gasteiger charge is 2.31. The van der Waals surface area contributed by atoms with Crippen LogP contribution in [0.4, 0.5) is 13.2 Å². The van der Waals surface area contributed by atoms with Gasteiger partial charge >= 0.3 is 6.18 Å². The van der Waals surface area contributed by atoms with Gasteiger partial charge < -0.3 is 5.32 Å². The van der Waals surface area contributed by atoms with E-state index >= 15 is 0 Å². The van der Waals surface area contributed by atoms with Crippen LogP contribution in [0.5, 0.6) is 0 Å². The molecule has 0 saturated heterocycles. The molecule has 1 aromatic heterocycles. The van der Waals surface area contributed by atoms with Gasteiger partial charge in [0.05, 0.1) is 5.56 Å². The summed E-state index contributed by atoms with van der Waals surface area (Å²) in [7, 11) is 0. The number of nitrogens with one attached hydrogen (secondary N) is 1. The fourth-order valence-electron chi connectivity index (χ4n) is 1.91. The topological polar surface area (TPSA) is 12.0 Å². The summed E-state index contributed by atoms with van der Waals surface area (Å²) in [6, 6.07) is 7.41. The van der Waals surface area contributed by atoms with E-state index < -0.39 is 11.7 Å². The highest BCUT2D eigenvalue weighted by atomic mass is 35.5. The third kappa shape index (κ3) is 4.46. The maximum absolute atomic E-state index is 12.8. The molecule has 0 spiro atoms. The van der Waals surface area contributed by atoms with Gasteiger partial charge in [0.25, 0.3) is 0 Å². The third-order valence-corrected chi connectivity index (χ3v) is 4.25. The average molecular weight is 334 g/mol. The Bertz CT molecular complexity index is 607. The first-order valence-electron chi connectivity index (χ1n) is 6.57. The predicted octanol–water partition coefficient (Wildman–Crippen LogP) is 5.59. The lowest BCUT2D eigenvalue weighted by molar-refractivity contribution is -0.137. The van der Waals surface area contributed by atoms with Gasteiger partial charge in [-0.15, -0.1) is 11.3 Å². The Morgan fingerprint density at radius 2 is 1.95 bits per heavy atom. The molecule has 2 rings (SSSR count). The van der Waals surface area contributed by atoms with Crippen LogP contribution in [0, 0.1) is 0 Å². The molecule has 0 saturated carbocycles. The van der Waals surface area contributed by atoms with Gasteiger partial charge in [-0.05, 0) is 48.9 Å². The van der Waals surface area contributed by atoms with Crippen molar-refractivity contribution in [2.45, 2.75) is 26.1 Å². The van der Waals surface area contributed by atoms with Crippen molar-refractivity contribution in [2.24, 2.45) is 0 Å². The Balaban J connectivity index is 2.24. The van der Waals surface area contributed by atoms with E-state index in [9.17, 15) is 13.2 Å². The van der Waals surface area contributed by atoms with Crippen LogP contribution in [0.1, 0.15) is 23.8 Å². The summed E-state index contributed by atoms with van der Waals surface area (Å²) in [5, 5.41) is 3.36. The molecule has 114 valence electrons. The smallest absolute Gasteiger partial charge is 0.312 e. The molecular formula is C15H15ClF3NS. The SMILES string of the molecule is CCCNCc1ccc(-c2cc(Cl)cc(C(F)(F)F)c2)s1. The largest absolute Gasteiger partial charge is 0.416 e. The molecule has 0 radical (unpaired) electrons. The van der Waals surface area contributed by atoms with E-state index in [1.165, 1.54) is 11.3 Å². The molecule has 0 aliphatic rings. The molecule has 1 heterocycles. The highest BCUT2D eigenvalue weighted by molar-refractivity contribution is 7.15. The molecule has 0 aliphatic heterocycles. The second kappa shape index (κ2) is 6.81. The average Bonchev–Trinajstić information content (AvgIpc) is 2.86. The van der Waals surface area contributed by atoms with E-state index in [0.717, 1.165) is 41.4 Å². The van der Waals surface area contributed by atoms with Crippen LogP contribution in [0.25, 0.3) is 10.4 Å². The standard InChI is InChI=1S/C15H15ClF3NS/c1-2-5-20-9-13-3-4-14(21-13)10-6-11(15(17,18)19)8-12(16)7-10/h3-4,6-8,20H,2,5,9H2,1H3. The summed E-state index contributed by atoms with van der Waals surface area (Å²) in [6.45, 7) is 3.73. The van der Waals surface area contributed by atoms with Crippen LogP contribution in [-0.2, 0) is 12.7 Å². The van der Waals surface area contributed by atoms with E-state index in [1.54, 1.807) is 6.07 Å². The maximum Gasteiger partial charge on any atom is 0.416 e. The molecule has 1 nitrogen and oxygen atoms in total. The van der Waals surface area contributed by atoms with Crippen molar-refractivity contribution in [3.63, 3.8) is 0 Å². The predicted molar refractivity (Wildman–Crippen MR) is 81.8 cm³/mol. The van der Waals surface area contributed by atoms with Crippen LogP contribution in [-0.4, -0.2) is 6.54 Å². The molecule has 1 N–H and O–H groups in total. The second-order valence-electron chi connectivity index (χ2n) is 4.67. The van der Waals surface area contributed by atoms with Gasteiger partial charge in [-0.1, -0.05) is 18.5 Å². The molecule has 0 atom stereocenters. The van der Waals surface area contributed by atoms with Gasteiger partial charge in [-0.3, -0.25) is 0 Å². The minimum absolute atomic E-state index is 0.0962. The van der Waals surface area contributed by atoms with E-state index in [1.807, 2.05) is 12.1 Å². The first-order valence-corrected chi connectivity index (χ1v) is 7.77. The normalized spacial score (nSPS) is 11.9. The number of halogens is 4. The Morgan fingerprint density at radius 1 is 1.19 bits per heavy atom. The number of alkyl halides is 3. The van der Waals surface area contributed by atoms with Crippen LogP contribution in [0.2, 0.25) is 5.02 Å². The first kappa shape index (κ1) is 16.3. The molecule has 2 aromatic rings. The highest BCUT2D eigenvalue weighted by Crippen LogP contribution is 2.36. The first-order chi connectivity index (χ1) is 9.90. The van der Waals surface area contributed by atoms with Crippen LogP contribution >= 0.6 is 22.9 Å². The summed E-state index contributed by atoms with van der Waals surface area (Å²) in [6.07, 6.45) is -3.34. The van der Waals surface area contributed by atoms with Crippen molar-refractivity contribution >= 4 is 22.9 Å². The van der Waals surface area contributed by atoms with Crippen molar-refractivity contribution in [1.29, 1.82) is 0 Å². The zero-order valence-electron chi connectivity index (χ0n) is 11.4. The number of thiophene rings is 1. The number of benzene rings is 1. The van der Waals surface area contributed by atoms with Gasteiger partial charge in [0.15, 0.2) is 0 Å². The molecule has 0 bridgehead atoms. The maximum atomic E-state index is 12.8. The monoisotopic (exact) mass is 333 g/mol. The van der Waals surface area contributed by atoms with Crippen molar-refractivity contribution in [2.75, 3.05) is 6.54 Å². The molecule has 21 heavy (non-hydrogen) atoms. The molecule has 0 fully saturated rings. The molecule has 0 aliphatic carbocycles. The fraction of sp³-hybridized carbons (Fsp3) is 0.333. The van der Waals surface area contributed by atoms with Crippen molar-refractivity contribution < 1.29 is 13.2 Å². The van der Waals surface area contributed by atoms with Crippen LogP contribution in [0.3, 0.4) is 0 Å². The Kier molecular flexibility index (Phi) is 5.30. The summed E-state index contributed by atoms with van der Waals surface area (Å²) < 4.78 is 38.4. The van der Waals surface area contributed by atoms with E-state index in [0.29, 0.717) is 5.56 Å². The third-order valence-electron chi connectivity index (χ3n) is 2.90. The molecule has 6 heteroatoms. The zero-order chi connectivity index (χ0) is 15.5. The van der Waals surface area contributed by atoms with Gasteiger partial charge in [0, 0.05) is 21.3 Å². The number of rotatable bonds is 5. The van der Waals surface area contributed by atoms with Gasteiger partial charge in [-0.25, -0.2) is 0 Å². The Labute approximate surface area is 130 Å². The Morgan fingerprint density at radius 3 is 2.62 bits per heavy atom. The summed E-state index contributed by atoms with van der Waals surface area (Å²) in [4.78, 5) is 1.88. The van der Waals surface area contributed by atoms with Gasteiger partial charge in [-0.2, -0.15) is 13.2 Å². The number of hydrogen-bond donors (Lipinski definition) is 1. The van der Waals surface area contributed by atoms with Crippen molar-refractivity contribution in [3.05, 3.63) is 45.8 Å². The molecule has 0 amide bonds. The van der Waals surface area contributed by atoms with Gasteiger partial charge in [0.2, 0.25) is 0 Å². The second-order valence-corrected chi connectivity index (χ2v) is 6.27. The lowest BCUT2D eigenvalue weighted by Gasteiger charge is -2.09. The lowest BCUT2D eigenvalue weighted by atomic mass is 10.1. The van der Waals surface area contributed by atoms with Crippen LogP contribution < -0.4 is 5.32 Å². The van der Waals surface area contributed by atoms with Gasteiger partial charge in [0.1, 0.15) is 0 Å². The van der Waals surface area contributed by atoms with E-state index in [2.05, 4.69) is 12.2 Å². The van der Waals surface area contributed by atoms with Crippen molar-refractivity contribution in [3.8, 4) is 10.4 Å². The minimum atomic E-state index is -4.39. The summed E-state index contributed by atoms with van der Waals surface area (Å²) in [5.41, 5.74) is -0.217. The lowest BCUT2D eigenvalue weighted by Crippen LogP contribution is -2.12. The van der Waals surface area contributed by atoms with E-state index in [-0.39, 0.29) is 5.02 Å². The van der Waals surface area contributed by atoms with Crippen LogP contribution in [0.15, 0.2) is 30.3 Å². The molecule has 0 unspecified atom stereocenters. The minimum Gasteiger partial charge on any atom is -0.312 e. The fourth-order valence-corrected chi connectivity index (χ4v) is 3.11. The van der Waals surface area contributed by atoms with Crippen molar-refractivity contribution in [1.82, 2.24) is 5.32 Å².